The Morgan fingerprint density at radius 2 is 2.03 bits per heavy atom. The molecule has 0 aliphatic carbocycles. The van der Waals surface area contributed by atoms with Crippen molar-refractivity contribution in [2.45, 2.75) is 32.0 Å². The fourth-order valence-corrected chi connectivity index (χ4v) is 5.59. The van der Waals surface area contributed by atoms with E-state index in [1.807, 2.05) is 48.5 Å². The third kappa shape index (κ3) is 6.52. The molecule has 12 heteroatoms. The van der Waals surface area contributed by atoms with E-state index in [0.29, 0.717) is 29.0 Å². The van der Waals surface area contributed by atoms with Gasteiger partial charge in [0.15, 0.2) is 5.69 Å². The highest BCUT2D eigenvalue weighted by Gasteiger charge is 2.33. The van der Waals surface area contributed by atoms with Crippen LogP contribution < -0.4 is 16.0 Å². The molecule has 1 saturated heterocycles. The van der Waals surface area contributed by atoms with Gasteiger partial charge in [-0.1, -0.05) is 22.0 Å². The number of nitrogens with one attached hydrogen (secondary N) is 4. The third-order valence-electron chi connectivity index (χ3n) is 7.08. The molecule has 0 bridgehead atoms. The number of hydrogen-bond donors (Lipinski definition) is 4. The van der Waals surface area contributed by atoms with Crippen LogP contribution in [-0.4, -0.2) is 51.3 Å². The largest absolute Gasteiger partial charge is 0.390 e. The number of quaternary nitrogens is 1. The van der Waals surface area contributed by atoms with Crippen LogP contribution in [0.3, 0.4) is 0 Å². The number of carbonyl (C=O) groups is 1. The van der Waals surface area contributed by atoms with Gasteiger partial charge >= 0.3 is 5.82 Å². The second kappa shape index (κ2) is 11.8. The van der Waals surface area contributed by atoms with E-state index in [9.17, 15) is 14.9 Å². The number of carbonyl (C=O) groups excluding carboxylic acids is 1. The first-order valence-corrected chi connectivity index (χ1v) is 13.6. The predicted octanol–water partition coefficient (Wildman–Crippen LogP) is 5.15. The quantitative estimate of drug-likeness (QED) is 0.117. The molecule has 11 nitrogen and oxygen atoms in total. The van der Waals surface area contributed by atoms with Crippen LogP contribution in [0.5, 0.6) is 0 Å². The first kappa shape index (κ1) is 26.6. The number of likely N-dealkylation sites (tertiary alicyclic amines) is 1. The highest BCUT2D eigenvalue weighted by atomic mass is 79.9. The van der Waals surface area contributed by atoms with Crippen LogP contribution in [0.25, 0.3) is 0 Å². The number of aromatic nitrogens is 2. The topological polar surface area (TPSA) is 137 Å². The zero-order valence-electron chi connectivity index (χ0n) is 21.3. The summed E-state index contributed by atoms with van der Waals surface area (Å²) in [5.74, 6) is -0.361. The Morgan fingerprint density at radius 3 is 2.82 bits per heavy atom. The summed E-state index contributed by atoms with van der Waals surface area (Å²) in [5, 5.41) is 21.0. The molecule has 4 N–H and O–H groups in total. The lowest BCUT2D eigenvalue weighted by Crippen LogP contribution is -2.51. The molecular formula is C27H30BrN8O3+. The molecule has 39 heavy (non-hydrogen) atoms. The monoisotopic (exact) mass is 593 g/mol. The minimum Gasteiger partial charge on any atom is -0.362 e. The van der Waals surface area contributed by atoms with Gasteiger partial charge in [0.05, 0.1) is 31.7 Å². The first-order chi connectivity index (χ1) is 18.9. The lowest BCUT2D eigenvalue weighted by atomic mass is 10.1. The van der Waals surface area contributed by atoms with Gasteiger partial charge in [-0.25, -0.2) is 4.99 Å². The van der Waals surface area contributed by atoms with Crippen molar-refractivity contribution in [3.05, 3.63) is 86.8 Å². The molecule has 3 aromatic rings. The summed E-state index contributed by atoms with van der Waals surface area (Å²) in [6.45, 7) is 2.87. The SMILES string of the molecule is O=C(/C=C/C[N+]1(Cc2[nH]cnc2[N+](=O)[O-])CCCCC1)Nc1ccc2c(c1)C(Nc1cccc(Br)c1)NC=N2. The van der Waals surface area contributed by atoms with Crippen LogP contribution >= 0.6 is 15.9 Å². The molecule has 0 spiro atoms. The Bertz CT molecular complexity index is 1410. The molecule has 1 atom stereocenters. The van der Waals surface area contributed by atoms with Crippen molar-refractivity contribution in [1.29, 1.82) is 0 Å². The fourth-order valence-electron chi connectivity index (χ4n) is 5.19. The second-order valence-electron chi connectivity index (χ2n) is 9.83. The zero-order chi connectivity index (χ0) is 27.2. The number of rotatable bonds is 9. The van der Waals surface area contributed by atoms with Crippen molar-refractivity contribution in [2.24, 2.45) is 4.99 Å². The van der Waals surface area contributed by atoms with Gasteiger partial charge in [0.2, 0.25) is 12.2 Å². The molecule has 2 aliphatic heterocycles. The van der Waals surface area contributed by atoms with Gasteiger partial charge in [-0.15, -0.1) is 0 Å². The Morgan fingerprint density at radius 1 is 1.18 bits per heavy atom. The predicted molar refractivity (Wildman–Crippen MR) is 154 cm³/mol. The van der Waals surface area contributed by atoms with Crippen molar-refractivity contribution in [2.75, 3.05) is 30.3 Å². The first-order valence-electron chi connectivity index (χ1n) is 12.8. The van der Waals surface area contributed by atoms with Crippen LogP contribution in [0.2, 0.25) is 0 Å². The van der Waals surface area contributed by atoms with E-state index >= 15 is 0 Å². The van der Waals surface area contributed by atoms with Crippen LogP contribution in [0, 0.1) is 10.1 Å². The second-order valence-corrected chi connectivity index (χ2v) is 10.7. The van der Waals surface area contributed by atoms with E-state index < -0.39 is 4.92 Å². The zero-order valence-corrected chi connectivity index (χ0v) is 22.9. The lowest BCUT2D eigenvalue weighted by Gasteiger charge is -2.40. The number of H-pyrrole nitrogens is 1. The number of benzene rings is 2. The van der Waals surface area contributed by atoms with Crippen LogP contribution in [-0.2, 0) is 11.3 Å². The summed E-state index contributed by atoms with van der Waals surface area (Å²) in [4.78, 5) is 34.9. The molecule has 2 aliphatic rings. The van der Waals surface area contributed by atoms with Gasteiger partial charge in [-0.2, -0.15) is 0 Å². The number of piperidine rings is 1. The molecule has 0 radical (unpaired) electrons. The molecule has 3 heterocycles. The van der Waals surface area contributed by atoms with Crippen molar-refractivity contribution in [3.8, 4) is 0 Å². The number of nitrogens with zero attached hydrogens (tertiary/aromatic N) is 4. The van der Waals surface area contributed by atoms with Gasteiger partial charge in [0.25, 0.3) is 0 Å². The van der Waals surface area contributed by atoms with Crippen LogP contribution in [0.15, 0.2) is 70.4 Å². The lowest BCUT2D eigenvalue weighted by molar-refractivity contribution is -0.940. The molecule has 0 saturated carbocycles. The number of halogens is 1. The number of aliphatic imine (C=N–C) groups is 1. The van der Waals surface area contributed by atoms with Gasteiger partial charge in [-0.05, 0) is 71.6 Å². The Kier molecular flexibility index (Phi) is 8.03. The van der Waals surface area contributed by atoms with E-state index in [1.165, 1.54) is 6.33 Å². The average molecular weight is 594 g/mol. The Labute approximate surface area is 234 Å². The smallest absolute Gasteiger partial charge is 0.362 e. The Hall–Kier alpha value is -4.03. The standard InChI is InChI=1S/C27H29BrN8O3/c28-19-6-4-7-20(14-19)34-26-22-15-21(9-10-23(22)29-17-31-26)33-25(37)8-5-13-36(11-2-1-3-12-36)16-24-27(35(38)39)32-18-30-24/h4-10,14-15,17-18,26,34H,1-3,11-13,16H2,(H2-,29,30,31,32,33,37)/p+1/b8-5+. The highest BCUT2D eigenvalue weighted by Crippen LogP contribution is 2.32. The van der Waals surface area contributed by atoms with Crippen molar-refractivity contribution >= 4 is 51.1 Å². The van der Waals surface area contributed by atoms with E-state index in [4.69, 9.17) is 0 Å². The number of anilines is 2. The molecule has 2 aromatic carbocycles. The van der Waals surface area contributed by atoms with Crippen molar-refractivity contribution < 1.29 is 14.2 Å². The van der Waals surface area contributed by atoms with Crippen molar-refractivity contribution in [1.82, 2.24) is 15.3 Å². The van der Waals surface area contributed by atoms with Gasteiger partial charge in [0, 0.05) is 27.5 Å². The fraction of sp³-hybridized carbons (Fsp3) is 0.296. The summed E-state index contributed by atoms with van der Waals surface area (Å²) >= 11 is 3.50. The normalized spacial score (nSPS) is 17.8. The number of imidazole rings is 1. The minimum atomic E-state index is -0.451. The summed E-state index contributed by atoms with van der Waals surface area (Å²) in [5.41, 5.74) is 3.86. The molecule has 202 valence electrons. The van der Waals surface area contributed by atoms with Gasteiger partial charge < -0.3 is 35.5 Å². The van der Waals surface area contributed by atoms with E-state index in [2.05, 4.69) is 46.8 Å². The molecular weight excluding hydrogens is 564 g/mol. The summed E-state index contributed by atoms with van der Waals surface area (Å²) < 4.78 is 1.62. The Balaban J connectivity index is 1.25. The molecule has 5 rings (SSSR count). The number of amides is 1. The number of nitro groups is 1. The summed E-state index contributed by atoms with van der Waals surface area (Å²) in [6, 6.07) is 13.5. The van der Waals surface area contributed by atoms with E-state index in [-0.39, 0.29) is 17.9 Å². The van der Waals surface area contributed by atoms with Crippen molar-refractivity contribution in [3.63, 3.8) is 0 Å². The van der Waals surface area contributed by atoms with Gasteiger partial charge in [-0.3, -0.25) is 4.79 Å². The summed E-state index contributed by atoms with van der Waals surface area (Å²) in [7, 11) is 0. The van der Waals surface area contributed by atoms with Gasteiger partial charge in [0.1, 0.15) is 12.7 Å². The highest BCUT2D eigenvalue weighted by molar-refractivity contribution is 9.10. The number of aromatic amines is 1. The molecule has 1 aromatic heterocycles. The maximum Gasteiger partial charge on any atom is 0.390 e. The van der Waals surface area contributed by atoms with Crippen LogP contribution in [0.1, 0.15) is 36.7 Å². The number of hydrogen-bond acceptors (Lipinski definition) is 7. The maximum absolute atomic E-state index is 12.8. The molecule has 1 fully saturated rings. The number of fused-ring (bicyclic) bond motifs is 1. The average Bonchev–Trinajstić information content (AvgIpc) is 3.38. The van der Waals surface area contributed by atoms with E-state index in [1.54, 1.807) is 12.4 Å². The molecule has 1 unspecified atom stereocenters. The summed E-state index contributed by atoms with van der Waals surface area (Å²) in [6.07, 6.45) is 9.46. The molecule has 1 amide bonds. The van der Waals surface area contributed by atoms with E-state index in [0.717, 1.165) is 53.8 Å². The third-order valence-corrected chi connectivity index (χ3v) is 7.57. The van der Waals surface area contributed by atoms with Crippen LogP contribution in [0.4, 0.5) is 22.9 Å². The maximum atomic E-state index is 12.8. The minimum absolute atomic E-state index is 0.126.